The smallest absolute Gasteiger partial charge is 0.0400 e. The molecule has 2 fully saturated rings. The minimum Gasteiger partial charge on any atom is -0.381 e. The molecule has 1 nitrogen and oxygen atoms in total. The molecule has 1 N–H and O–H groups in total. The van der Waals surface area contributed by atoms with Crippen molar-refractivity contribution in [3.63, 3.8) is 0 Å². The number of rotatable bonds is 5. The number of nitrogens with one attached hydrogen (secondary N) is 1. The molecule has 0 amide bonds. The molecule has 4 rings (SSSR count). The lowest BCUT2D eigenvalue weighted by molar-refractivity contribution is 0.0882. The molecule has 0 heterocycles. The van der Waals surface area contributed by atoms with Crippen molar-refractivity contribution in [2.24, 2.45) is 11.3 Å². The summed E-state index contributed by atoms with van der Waals surface area (Å²) in [5.74, 6) is 1.80. The topological polar surface area (TPSA) is 12.0 Å². The van der Waals surface area contributed by atoms with Crippen LogP contribution in [-0.4, -0.2) is 0 Å². The van der Waals surface area contributed by atoms with E-state index in [1.165, 1.54) is 69.0 Å². The number of hydrogen-bond acceptors (Lipinski definition) is 1. The van der Waals surface area contributed by atoms with Gasteiger partial charge in [0.1, 0.15) is 0 Å². The highest BCUT2D eigenvalue weighted by atomic mass is 14.9. The van der Waals surface area contributed by atoms with Gasteiger partial charge in [-0.25, -0.2) is 0 Å². The molecule has 1 spiro atoms. The Morgan fingerprint density at radius 3 is 2.07 bits per heavy atom. The van der Waals surface area contributed by atoms with Gasteiger partial charge in [-0.3, -0.25) is 0 Å². The quantitative estimate of drug-likeness (QED) is 0.580. The van der Waals surface area contributed by atoms with Gasteiger partial charge in [-0.2, -0.15) is 0 Å². The van der Waals surface area contributed by atoms with Crippen LogP contribution in [-0.2, 0) is 6.54 Å². The average Bonchev–Trinajstić information content (AvgIpc) is 2.75. The van der Waals surface area contributed by atoms with Gasteiger partial charge in [-0.05, 0) is 91.9 Å². The molecule has 2 aromatic carbocycles. The van der Waals surface area contributed by atoms with Crippen LogP contribution in [0.5, 0.6) is 0 Å². The first kappa shape index (κ1) is 18.6. The second kappa shape index (κ2) is 8.50. The number of anilines is 1. The number of benzene rings is 2. The van der Waals surface area contributed by atoms with Gasteiger partial charge >= 0.3 is 0 Å². The van der Waals surface area contributed by atoms with E-state index >= 15 is 0 Å². The van der Waals surface area contributed by atoms with E-state index < -0.39 is 0 Å². The first-order valence-corrected chi connectivity index (χ1v) is 11.1. The van der Waals surface area contributed by atoms with E-state index in [2.05, 4.69) is 66.8 Å². The molecule has 0 aromatic heterocycles. The summed E-state index contributed by atoms with van der Waals surface area (Å²) in [6.07, 6.45) is 13.1. The third-order valence-electron chi connectivity index (χ3n) is 7.51. The highest BCUT2D eigenvalue weighted by Gasteiger charge is 2.38. The van der Waals surface area contributed by atoms with Crippen molar-refractivity contribution in [3.05, 3.63) is 65.7 Å². The van der Waals surface area contributed by atoms with Gasteiger partial charge in [0.2, 0.25) is 0 Å². The van der Waals surface area contributed by atoms with Crippen LogP contribution in [0.2, 0.25) is 0 Å². The molecule has 0 radical (unpaired) electrons. The Bertz CT molecular complexity index is 685. The Morgan fingerprint density at radius 2 is 1.44 bits per heavy atom. The normalized spacial score (nSPS) is 28.2. The fourth-order valence-corrected chi connectivity index (χ4v) is 5.43. The van der Waals surface area contributed by atoms with E-state index in [0.717, 1.165) is 18.4 Å². The monoisotopic (exact) mass is 361 g/mol. The molecular weight excluding hydrogens is 326 g/mol. The molecular formula is C26H35N. The Hall–Kier alpha value is -1.76. The highest BCUT2D eigenvalue weighted by molar-refractivity contribution is 5.45. The standard InChI is InChI=1S/C26H35N/c1-2-21-12-16-26(17-13-21)18-14-24(15-19-26)23-8-10-25(11-9-23)27-20-22-6-4-3-5-7-22/h3-11,21,24,27H,2,12-20H2,1H3. The second-order valence-electron chi connectivity index (χ2n) is 9.09. The summed E-state index contributed by atoms with van der Waals surface area (Å²) < 4.78 is 0. The summed E-state index contributed by atoms with van der Waals surface area (Å²) in [5, 5.41) is 3.55. The van der Waals surface area contributed by atoms with Gasteiger partial charge in [-0.1, -0.05) is 55.8 Å². The SMILES string of the molecule is CCC1CCC2(CC1)CCC(c1ccc(NCc3ccccc3)cc1)CC2. The summed E-state index contributed by atoms with van der Waals surface area (Å²) in [5.41, 5.74) is 4.82. The molecule has 0 aliphatic heterocycles. The van der Waals surface area contributed by atoms with Crippen LogP contribution < -0.4 is 5.32 Å². The Balaban J connectivity index is 1.29. The van der Waals surface area contributed by atoms with E-state index in [4.69, 9.17) is 0 Å². The van der Waals surface area contributed by atoms with Gasteiger partial charge in [-0.15, -0.1) is 0 Å². The molecule has 27 heavy (non-hydrogen) atoms. The largest absolute Gasteiger partial charge is 0.381 e. The molecule has 0 saturated heterocycles. The van der Waals surface area contributed by atoms with Crippen molar-refractivity contribution in [3.8, 4) is 0 Å². The molecule has 1 heteroatoms. The van der Waals surface area contributed by atoms with E-state index in [1.54, 1.807) is 5.56 Å². The van der Waals surface area contributed by atoms with E-state index in [0.29, 0.717) is 5.41 Å². The lowest BCUT2D eigenvalue weighted by Gasteiger charge is -2.45. The fraction of sp³-hybridized carbons (Fsp3) is 0.538. The van der Waals surface area contributed by atoms with Crippen molar-refractivity contribution in [1.82, 2.24) is 0 Å². The van der Waals surface area contributed by atoms with Crippen LogP contribution >= 0.6 is 0 Å². The highest BCUT2D eigenvalue weighted by Crippen LogP contribution is 2.52. The Kier molecular flexibility index (Phi) is 5.86. The van der Waals surface area contributed by atoms with Crippen LogP contribution in [0.3, 0.4) is 0 Å². The summed E-state index contributed by atoms with van der Waals surface area (Å²) in [7, 11) is 0. The van der Waals surface area contributed by atoms with Crippen molar-refractivity contribution < 1.29 is 0 Å². The van der Waals surface area contributed by atoms with Crippen molar-refractivity contribution >= 4 is 5.69 Å². The summed E-state index contributed by atoms with van der Waals surface area (Å²) >= 11 is 0. The third kappa shape index (κ3) is 4.57. The first-order chi connectivity index (χ1) is 13.3. The van der Waals surface area contributed by atoms with Gasteiger partial charge in [0.05, 0.1) is 0 Å². The van der Waals surface area contributed by atoms with Gasteiger partial charge in [0, 0.05) is 12.2 Å². The van der Waals surface area contributed by atoms with Crippen molar-refractivity contribution in [2.75, 3.05) is 5.32 Å². The maximum Gasteiger partial charge on any atom is 0.0400 e. The molecule has 0 bridgehead atoms. The molecule has 2 aliphatic carbocycles. The molecule has 144 valence electrons. The van der Waals surface area contributed by atoms with E-state index in [9.17, 15) is 0 Å². The van der Waals surface area contributed by atoms with Crippen LogP contribution in [0.15, 0.2) is 54.6 Å². The van der Waals surface area contributed by atoms with Gasteiger partial charge < -0.3 is 5.32 Å². The lowest BCUT2D eigenvalue weighted by atomic mass is 9.60. The Morgan fingerprint density at radius 1 is 0.815 bits per heavy atom. The predicted molar refractivity (Wildman–Crippen MR) is 116 cm³/mol. The number of hydrogen-bond donors (Lipinski definition) is 1. The third-order valence-corrected chi connectivity index (χ3v) is 7.51. The van der Waals surface area contributed by atoms with Crippen LogP contribution in [0.25, 0.3) is 0 Å². The maximum absolute atomic E-state index is 3.55. The van der Waals surface area contributed by atoms with Crippen LogP contribution in [0, 0.1) is 11.3 Å². The first-order valence-electron chi connectivity index (χ1n) is 11.1. The zero-order valence-electron chi connectivity index (χ0n) is 16.9. The Labute approximate surface area is 165 Å². The molecule has 0 unspecified atom stereocenters. The van der Waals surface area contributed by atoms with Gasteiger partial charge in [0.25, 0.3) is 0 Å². The second-order valence-corrected chi connectivity index (χ2v) is 9.09. The van der Waals surface area contributed by atoms with Crippen LogP contribution in [0.4, 0.5) is 5.69 Å². The van der Waals surface area contributed by atoms with Crippen LogP contribution in [0.1, 0.15) is 81.8 Å². The minimum absolute atomic E-state index is 0.708. The molecule has 2 aromatic rings. The van der Waals surface area contributed by atoms with Gasteiger partial charge in [0.15, 0.2) is 0 Å². The molecule has 2 aliphatic rings. The predicted octanol–water partition coefficient (Wildman–Crippen LogP) is 7.54. The van der Waals surface area contributed by atoms with Crippen molar-refractivity contribution in [1.29, 1.82) is 0 Å². The molecule has 2 saturated carbocycles. The summed E-state index contributed by atoms with van der Waals surface area (Å²) in [6, 6.07) is 19.9. The maximum atomic E-state index is 3.55. The fourth-order valence-electron chi connectivity index (χ4n) is 5.43. The zero-order chi connectivity index (χ0) is 18.5. The lowest BCUT2D eigenvalue weighted by Crippen LogP contribution is -2.31. The van der Waals surface area contributed by atoms with E-state index in [-0.39, 0.29) is 0 Å². The average molecular weight is 362 g/mol. The van der Waals surface area contributed by atoms with E-state index in [1.807, 2.05) is 0 Å². The molecule has 0 atom stereocenters. The van der Waals surface area contributed by atoms with Crippen molar-refractivity contribution in [2.45, 2.75) is 77.2 Å². The summed E-state index contributed by atoms with van der Waals surface area (Å²) in [4.78, 5) is 0. The minimum atomic E-state index is 0.708. The summed E-state index contributed by atoms with van der Waals surface area (Å²) in [6.45, 7) is 3.27. The zero-order valence-corrected chi connectivity index (χ0v) is 16.9.